The van der Waals surface area contributed by atoms with Crippen molar-refractivity contribution in [1.82, 2.24) is 10.4 Å². The number of para-hydroxylation sites is 1. The average Bonchev–Trinajstić information content (AvgIpc) is 3.43. The number of hydrogen-bond acceptors (Lipinski definition) is 6. The van der Waals surface area contributed by atoms with E-state index in [0.29, 0.717) is 11.5 Å². The molecule has 2 aliphatic rings. The highest BCUT2D eigenvalue weighted by Crippen LogP contribution is 2.48. The average molecular weight is 471 g/mol. The number of benzene rings is 2. The monoisotopic (exact) mass is 470 g/mol. The van der Waals surface area contributed by atoms with Gasteiger partial charge in [-0.25, -0.2) is 0 Å². The van der Waals surface area contributed by atoms with Gasteiger partial charge in [0, 0.05) is 15.6 Å². The topological polar surface area (TPSA) is 43.0 Å². The van der Waals surface area contributed by atoms with Crippen LogP contribution in [0.5, 0.6) is 17.2 Å². The van der Waals surface area contributed by atoms with Crippen LogP contribution in [0.4, 0.5) is 0 Å². The van der Waals surface area contributed by atoms with Gasteiger partial charge in [0.25, 0.3) is 0 Å². The van der Waals surface area contributed by atoms with Crippen LogP contribution in [-0.4, -0.2) is 19.2 Å². The molecule has 7 heteroatoms. The van der Waals surface area contributed by atoms with Gasteiger partial charge in [0.15, 0.2) is 17.7 Å². The van der Waals surface area contributed by atoms with Crippen LogP contribution >= 0.6 is 27.3 Å². The lowest BCUT2D eigenvalue weighted by Crippen LogP contribution is -2.43. The van der Waals surface area contributed by atoms with Crippen molar-refractivity contribution < 1.29 is 14.2 Å². The van der Waals surface area contributed by atoms with E-state index in [1.165, 1.54) is 4.88 Å². The molecule has 0 fully saturated rings. The van der Waals surface area contributed by atoms with Crippen molar-refractivity contribution >= 4 is 33.0 Å². The van der Waals surface area contributed by atoms with Crippen LogP contribution in [0, 0.1) is 0 Å². The summed E-state index contributed by atoms with van der Waals surface area (Å²) < 4.78 is 18.3. The standard InChI is InChI=1S/C22H19BrN2O3S/c1-26-19-10-14(15(23)11-20(19)27-2)22-25-17(13-6-3-4-7-18(13)28-22)12-16(24-25)21-8-5-9-29-21/h3-12,17,22,24H,1-2H3. The highest BCUT2D eigenvalue weighted by atomic mass is 79.9. The lowest BCUT2D eigenvalue weighted by atomic mass is 10.0. The molecule has 2 aromatic carbocycles. The molecule has 148 valence electrons. The van der Waals surface area contributed by atoms with Crippen LogP contribution in [0.2, 0.25) is 0 Å². The molecule has 29 heavy (non-hydrogen) atoms. The summed E-state index contributed by atoms with van der Waals surface area (Å²) in [6, 6.07) is 16.3. The Bertz CT molecular complexity index is 1080. The van der Waals surface area contributed by atoms with Gasteiger partial charge in [0.2, 0.25) is 0 Å². The molecule has 5 nitrogen and oxygen atoms in total. The van der Waals surface area contributed by atoms with Crippen LogP contribution < -0.4 is 19.6 Å². The molecule has 2 unspecified atom stereocenters. The van der Waals surface area contributed by atoms with Crippen molar-refractivity contribution in [3.05, 3.63) is 80.5 Å². The Balaban J connectivity index is 1.61. The van der Waals surface area contributed by atoms with Crippen molar-refractivity contribution in [3.8, 4) is 17.2 Å². The minimum Gasteiger partial charge on any atom is -0.493 e. The molecule has 1 aromatic heterocycles. The SMILES string of the molecule is COc1cc(Br)c(C2Oc3ccccc3C3C=C(c4cccs4)NN32)cc1OC. The molecule has 2 atom stereocenters. The minimum absolute atomic E-state index is 0.0575. The van der Waals surface area contributed by atoms with Crippen molar-refractivity contribution in [2.75, 3.05) is 14.2 Å². The summed E-state index contributed by atoms with van der Waals surface area (Å²) in [4.78, 5) is 1.20. The maximum absolute atomic E-state index is 6.46. The maximum Gasteiger partial charge on any atom is 0.197 e. The zero-order valence-electron chi connectivity index (χ0n) is 15.9. The summed E-state index contributed by atoms with van der Waals surface area (Å²) in [5, 5.41) is 4.23. The molecule has 1 N–H and O–H groups in total. The molecule has 0 amide bonds. The molecule has 0 bridgehead atoms. The lowest BCUT2D eigenvalue weighted by molar-refractivity contribution is -0.0331. The zero-order chi connectivity index (χ0) is 20.0. The number of halogens is 1. The molecule has 5 rings (SSSR count). The zero-order valence-corrected chi connectivity index (χ0v) is 18.3. The first-order valence-electron chi connectivity index (χ1n) is 9.17. The Kier molecular flexibility index (Phi) is 4.73. The van der Waals surface area contributed by atoms with Crippen LogP contribution in [0.25, 0.3) is 5.70 Å². The maximum atomic E-state index is 6.46. The van der Waals surface area contributed by atoms with E-state index in [-0.39, 0.29) is 12.3 Å². The van der Waals surface area contributed by atoms with Crippen molar-refractivity contribution in [1.29, 1.82) is 0 Å². The lowest BCUT2D eigenvalue weighted by Gasteiger charge is -2.39. The first kappa shape index (κ1) is 18.5. The number of fused-ring (bicyclic) bond motifs is 3. The van der Waals surface area contributed by atoms with E-state index in [0.717, 1.165) is 27.0 Å². The van der Waals surface area contributed by atoms with Crippen molar-refractivity contribution in [2.24, 2.45) is 0 Å². The quantitative estimate of drug-likeness (QED) is 0.543. The summed E-state index contributed by atoms with van der Waals surface area (Å²) >= 11 is 5.41. The summed E-state index contributed by atoms with van der Waals surface area (Å²) in [6.07, 6.45) is 1.91. The number of rotatable bonds is 4. The first-order valence-corrected chi connectivity index (χ1v) is 10.8. The van der Waals surface area contributed by atoms with Crippen molar-refractivity contribution in [3.63, 3.8) is 0 Å². The van der Waals surface area contributed by atoms with Gasteiger partial charge in [-0.05, 0) is 35.7 Å². The van der Waals surface area contributed by atoms with Crippen LogP contribution in [0.3, 0.4) is 0 Å². The summed E-state index contributed by atoms with van der Waals surface area (Å²) in [5.41, 5.74) is 6.75. The third-order valence-corrected chi connectivity index (χ3v) is 6.75. The fourth-order valence-corrected chi connectivity index (χ4v) is 5.00. The Morgan fingerprint density at radius 2 is 1.83 bits per heavy atom. The van der Waals surface area contributed by atoms with Gasteiger partial charge < -0.3 is 19.6 Å². The third kappa shape index (κ3) is 3.10. The smallest absolute Gasteiger partial charge is 0.197 e. The molecule has 0 spiro atoms. The molecule has 3 aromatic rings. The van der Waals surface area contributed by atoms with E-state index < -0.39 is 0 Å². The van der Waals surface area contributed by atoms with Crippen LogP contribution in [0.15, 0.2) is 64.5 Å². The van der Waals surface area contributed by atoms with Gasteiger partial charge in [-0.2, -0.15) is 5.01 Å². The van der Waals surface area contributed by atoms with Gasteiger partial charge >= 0.3 is 0 Å². The second-order valence-corrected chi connectivity index (χ2v) is 8.56. The van der Waals surface area contributed by atoms with E-state index in [1.54, 1.807) is 25.6 Å². The molecule has 0 radical (unpaired) electrons. The summed E-state index contributed by atoms with van der Waals surface area (Å²) in [5.74, 6) is 2.21. The van der Waals surface area contributed by atoms with E-state index in [2.05, 4.69) is 56.0 Å². The largest absolute Gasteiger partial charge is 0.493 e. The van der Waals surface area contributed by atoms with Gasteiger partial charge in [-0.15, -0.1) is 11.3 Å². The van der Waals surface area contributed by atoms with Gasteiger partial charge in [0.1, 0.15) is 5.75 Å². The normalized spacial score (nSPS) is 20.2. The van der Waals surface area contributed by atoms with Gasteiger partial charge in [-0.1, -0.05) is 40.2 Å². The highest BCUT2D eigenvalue weighted by molar-refractivity contribution is 9.10. The Labute approximate surface area is 181 Å². The number of methoxy groups -OCH3 is 2. The molecule has 2 aliphatic heterocycles. The Hall–Kier alpha value is -2.48. The van der Waals surface area contributed by atoms with Crippen LogP contribution in [-0.2, 0) is 0 Å². The number of hydrazine groups is 1. The third-order valence-electron chi connectivity index (χ3n) is 5.16. The Morgan fingerprint density at radius 3 is 2.59 bits per heavy atom. The van der Waals surface area contributed by atoms with Crippen LogP contribution in [0.1, 0.15) is 28.3 Å². The molecule has 0 saturated carbocycles. The van der Waals surface area contributed by atoms with E-state index in [4.69, 9.17) is 14.2 Å². The van der Waals surface area contributed by atoms with Gasteiger partial charge in [-0.3, -0.25) is 0 Å². The first-order chi connectivity index (χ1) is 14.2. The highest BCUT2D eigenvalue weighted by Gasteiger charge is 2.41. The Morgan fingerprint density at radius 1 is 1.03 bits per heavy atom. The summed E-state index contributed by atoms with van der Waals surface area (Å²) in [6.45, 7) is 0. The molecular formula is C22H19BrN2O3S. The van der Waals surface area contributed by atoms with E-state index >= 15 is 0 Å². The number of nitrogens with zero attached hydrogens (tertiary/aromatic N) is 1. The number of thiophene rings is 1. The predicted octanol–water partition coefficient (Wildman–Crippen LogP) is 5.52. The minimum atomic E-state index is -0.349. The second kappa shape index (κ2) is 7.40. The second-order valence-electron chi connectivity index (χ2n) is 6.76. The number of ether oxygens (including phenoxy) is 3. The van der Waals surface area contributed by atoms with Gasteiger partial charge in [0.05, 0.1) is 30.8 Å². The molecular weight excluding hydrogens is 452 g/mol. The van der Waals surface area contributed by atoms with E-state index in [1.807, 2.05) is 30.3 Å². The summed E-state index contributed by atoms with van der Waals surface area (Å²) in [7, 11) is 3.27. The molecule has 0 aliphatic carbocycles. The predicted molar refractivity (Wildman–Crippen MR) is 117 cm³/mol. The molecule has 3 heterocycles. The fraction of sp³-hybridized carbons (Fsp3) is 0.182. The molecule has 0 saturated heterocycles. The van der Waals surface area contributed by atoms with Crippen molar-refractivity contribution in [2.45, 2.75) is 12.3 Å². The number of hydrogen-bond donors (Lipinski definition) is 1. The fourth-order valence-electron chi connectivity index (χ4n) is 3.78. The van der Waals surface area contributed by atoms with E-state index in [9.17, 15) is 0 Å². The number of nitrogens with one attached hydrogen (secondary N) is 1.